The lowest BCUT2D eigenvalue weighted by atomic mass is 9.76. The molecule has 4 atom stereocenters. The van der Waals surface area contributed by atoms with Crippen LogP contribution in [0.15, 0.2) is 12.2 Å². The highest BCUT2D eigenvalue weighted by Gasteiger charge is 2.65. The molecule has 0 amide bonds. The molecule has 32 heavy (non-hydrogen) atoms. The summed E-state index contributed by atoms with van der Waals surface area (Å²) in [7, 11) is -1.95. The van der Waals surface area contributed by atoms with Crippen LogP contribution in [0.1, 0.15) is 61.3 Å². The first-order chi connectivity index (χ1) is 14.6. The third-order valence-electron chi connectivity index (χ3n) is 6.61. The largest absolute Gasteiger partial charge is 0.463 e. The topological polar surface area (TPSA) is 88.1 Å². The molecule has 0 radical (unpaired) electrons. The van der Waals surface area contributed by atoms with E-state index in [9.17, 15) is 14.4 Å². The number of hydrogen-bond acceptors (Lipinski definition) is 7. The molecule has 2 rings (SSSR count). The van der Waals surface area contributed by atoms with Crippen LogP contribution in [0.3, 0.4) is 0 Å². The van der Waals surface area contributed by atoms with Crippen molar-refractivity contribution in [2.24, 2.45) is 11.8 Å². The molecule has 0 unspecified atom stereocenters. The number of esters is 2. The van der Waals surface area contributed by atoms with Crippen LogP contribution in [0.25, 0.3) is 0 Å². The van der Waals surface area contributed by atoms with Crippen molar-refractivity contribution in [3.63, 3.8) is 0 Å². The second-order valence-electron chi connectivity index (χ2n) is 10.9. The normalized spacial score (nSPS) is 27.8. The lowest BCUT2D eigenvalue weighted by molar-refractivity contribution is -0.169. The van der Waals surface area contributed by atoms with Gasteiger partial charge in [0, 0.05) is 6.61 Å². The Labute approximate surface area is 193 Å². The Bertz CT molecular complexity index is 750. The van der Waals surface area contributed by atoms with Gasteiger partial charge in [0.05, 0.1) is 18.3 Å². The van der Waals surface area contributed by atoms with E-state index in [0.29, 0.717) is 13.0 Å². The number of rotatable bonds is 9. The Hall–Kier alpha value is -1.51. The molecule has 7 nitrogen and oxygen atoms in total. The molecule has 8 heteroatoms. The minimum absolute atomic E-state index is 0.0684. The average Bonchev–Trinajstić information content (AvgIpc) is 2.91. The summed E-state index contributed by atoms with van der Waals surface area (Å²) in [4.78, 5) is 39.2. The summed E-state index contributed by atoms with van der Waals surface area (Å²) in [6.45, 7) is 18.3. The smallest absolute Gasteiger partial charge is 0.313 e. The summed E-state index contributed by atoms with van der Waals surface area (Å²) in [5, 5.41) is 0.0684. The minimum Gasteiger partial charge on any atom is -0.463 e. The van der Waals surface area contributed by atoms with Gasteiger partial charge in [-0.15, -0.1) is 0 Å². The van der Waals surface area contributed by atoms with Crippen LogP contribution in [0.5, 0.6) is 0 Å². The zero-order valence-electron chi connectivity index (χ0n) is 21.0. The van der Waals surface area contributed by atoms with Crippen LogP contribution in [0, 0.1) is 11.8 Å². The Morgan fingerprint density at radius 1 is 1.09 bits per heavy atom. The standard InChI is InChI=1S/C24H40O7Si/c1-15(2)29-21(26)19-17-11-12-18(25)24(31-17,20(19)22(27)30-16(3)4)13-10-14-28-32(8,9)23(5,6)7/h11-12,15-17,19-20H,10,13-14H2,1-9H3/t17-,19-,20-,24+/m1/s1. The number of carbonyl (C=O) groups excluding carboxylic acids is 3. The Kier molecular flexibility index (Phi) is 8.16. The Morgan fingerprint density at radius 2 is 1.66 bits per heavy atom. The average molecular weight is 469 g/mol. The zero-order valence-corrected chi connectivity index (χ0v) is 22.0. The summed E-state index contributed by atoms with van der Waals surface area (Å²) in [5.41, 5.74) is -1.44. The number of fused-ring (bicyclic) bond motifs is 2. The highest BCUT2D eigenvalue weighted by Crippen LogP contribution is 2.49. The lowest BCUT2D eigenvalue weighted by Gasteiger charge is -2.37. The van der Waals surface area contributed by atoms with E-state index in [1.807, 2.05) is 0 Å². The molecule has 2 heterocycles. The molecule has 1 saturated heterocycles. The summed E-state index contributed by atoms with van der Waals surface area (Å²) >= 11 is 0. The highest BCUT2D eigenvalue weighted by atomic mass is 28.4. The van der Waals surface area contributed by atoms with E-state index in [-0.39, 0.29) is 29.5 Å². The number of ether oxygens (including phenoxy) is 3. The Balaban J connectivity index is 2.29. The molecule has 2 aliphatic rings. The second-order valence-corrected chi connectivity index (χ2v) is 15.7. The predicted molar refractivity (Wildman–Crippen MR) is 124 cm³/mol. The van der Waals surface area contributed by atoms with Gasteiger partial charge in [-0.05, 0) is 64.7 Å². The van der Waals surface area contributed by atoms with E-state index >= 15 is 0 Å². The summed E-state index contributed by atoms with van der Waals surface area (Å²) < 4.78 is 23.3. The van der Waals surface area contributed by atoms with Crippen molar-refractivity contribution < 1.29 is 33.0 Å². The molecule has 0 N–H and O–H groups in total. The molecule has 182 valence electrons. The van der Waals surface area contributed by atoms with Crippen molar-refractivity contribution in [1.82, 2.24) is 0 Å². The van der Waals surface area contributed by atoms with Gasteiger partial charge in [-0.1, -0.05) is 26.8 Å². The highest BCUT2D eigenvalue weighted by molar-refractivity contribution is 6.74. The molecule has 0 aromatic rings. The molecule has 0 aromatic carbocycles. The predicted octanol–water partition coefficient (Wildman–Crippen LogP) is 4.20. The number of carbonyl (C=O) groups is 3. The van der Waals surface area contributed by atoms with Crippen LogP contribution >= 0.6 is 0 Å². The van der Waals surface area contributed by atoms with Gasteiger partial charge in [0.1, 0.15) is 17.4 Å². The maximum absolute atomic E-state index is 13.2. The van der Waals surface area contributed by atoms with E-state index in [0.717, 1.165) is 0 Å². The molecule has 0 aromatic heterocycles. The van der Waals surface area contributed by atoms with Gasteiger partial charge < -0.3 is 18.6 Å². The maximum atomic E-state index is 13.2. The summed E-state index contributed by atoms with van der Waals surface area (Å²) in [6, 6.07) is 0. The van der Waals surface area contributed by atoms with E-state index in [2.05, 4.69) is 33.9 Å². The third kappa shape index (κ3) is 5.51. The molecular formula is C24H40O7Si. The van der Waals surface area contributed by atoms with E-state index in [1.165, 1.54) is 6.08 Å². The van der Waals surface area contributed by atoms with Crippen molar-refractivity contribution in [2.45, 2.75) is 103 Å². The lowest BCUT2D eigenvalue weighted by Crippen LogP contribution is -2.50. The monoisotopic (exact) mass is 468 g/mol. The van der Waals surface area contributed by atoms with Crippen LogP contribution in [0.2, 0.25) is 18.1 Å². The fraction of sp³-hybridized carbons (Fsp3) is 0.792. The number of ketones is 1. The van der Waals surface area contributed by atoms with Crippen molar-refractivity contribution in [1.29, 1.82) is 0 Å². The van der Waals surface area contributed by atoms with Gasteiger partial charge in [-0.2, -0.15) is 0 Å². The van der Waals surface area contributed by atoms with Crippen LogP contribution in [-0.2, 0) is 33.0 Å². The van der Waals surface area contributed by atoms with Gasteiger partial charge >= 0.3 is 11.9 Å². The number of hydrogen-bond donors (Lipinski definition) is 0. The maximum Gasteiger partial charge on any atom is 0.313 e. The fourth-order valence-electron chi connectivity index (χ4n) is 4.00. The van der Waals surface area contributed by atoms with E-state index in [4.69, 9.17) is 18.6 Å². The molecule has 2 aliphatic heterocycles. The first-order valence-corrected chi connectivity index (χ1v) is 14.5. The van der Waals surface area contributed by atoms with Crippen LogP contribution in [0.4, 0.5) is 0 Å². The van der Waals surface area contributed by atoms with Crippen LogP contribution < -0.4 is 0 Å². The summed E-state index contributed by atoms with van der Waals surface area (Å²) in [6.07, 6.45) is 2.35. The van der Waals surface area contributed by atoms with Crippen LogP contribution in [-0.4, -0.2) is 56.6 Å². The molecule has 0 saturated carbocycles. The first-order valence-electron chi connectivity index (χ1n) is 11.6. The van der Waals surface area contributed by atoms with Gasteiger partial charge in [0.15, 0.2) is 14.1 Å². The SMILES string of the molecule is CC(C)OC(=O)[C@@H]1[C@H]2C=CC(=O)[C@](CCCO[Si](C)(C)C(C)(C)C)(O2)[C@H]1C(=O)OC(C)C. The van der Waals surface area contributed by atoms with Gasteiger partial charge in [-0.25, -0.2) is 0 Å². The fourth-order valence-corrected chi connectivity index (χ4v) is 5.09. The van der Waals surface area contributed by atoms with E-state index in [1.54, 1.807) is 33.8 Å². The van der Waals surface area contributed by atoms with Crippen molar-refractivity contribution >= 4 is 26.0 Å². The van der Waals surface area contributed by atoms with Crippen molar-refractivity contribution in [2.75, 3.05) is 6.61 Å². The first kappa shape index (κ1) is 26.7. The van der Waals surface area contributed by atoms with Gasteiger partial charge in [0.25, 0.3) is 0 Å². The molecule has 0 aliphatic carbocycles. The molecule has 1 fully saturated rings. The second kappa shape index (κ2) is 9.77. The molecule has 2 bridgehead atoms. The third-order valence-corrected chi connectivity index (χ3v) is 11.1. The van der Waals surface area contributed by atoms with Gasteiger partial charge in [-0.3, -0.25) is 14.4 Å². The minimum atomic E-state index is -1.95. The summed E-state index contributed by atoms with van der Waals surface area (Å²) in [5.74, 6) is -3.44. The molecular weight excluding hydrogens is 428 g/mol. The molecule has 0 spiro atoms. The quantitative estimate of drug-likeness (QED) is 0.285. The van der Waals surface area contributed by atoms with Gasteiger partial charge in [0.2, 0.25) is 0 Å². The van der Waals surface area contributed by atoms with E-state index < -0.39 is 43.8 Å². The Morgan fingerprint density at radius 3 is 2.19 bits per heavy atom. The zero-order chi connectivity index (χ0) is 24.5. The van der Waals surface area contributed by atoms with Crippen molar-refractivity contribution in [3.8, 4) is 0 Å². The van der Waals surface area contributed by atoms with Crippen molar-refractivity contribution in [3.05, 3.63) is 12.2 Å².